The van der Waals surface area contributed by atoms with Gasteiger partial charge in [0.05, 0.1) is 21.6 Å². The zero-order valence-electron chi connectivity index (χ0n) is 43.8. The van der Waals surface area contributed by atoms with E-state index in [1.807, 2.05) is 0 Å². The van der Waals surface area contributed by atoms with E-state index >= 15 is 0 Å². The zero-order valence-corrected chi connectivity index (χ0v) is 45.8. The Morgan fingerprint density at radius 2 is 0.640 bits per heavy atom. The molecule has 364 valence electrons. The van der Waals surface area contributed by atoms with Crippen LogP contribution in [0.4, 0.5) is 34.1 Å². The quantitative estimate of drug-likeness (QED) is 0.0889. The number of benzene rings is 11. The summed E-state index contributed by atoms with van der Waals surface area (Å²) in [5.41, 5.74) is 16.0. The highest BCUT2D eigenvalue weighted by atomic mass is 28.3. The van der Waals surface area contributed by atoms with Crippen molar-refractivity contribution in [2.45, 2.75) is 44.7 Å². The topological polar surface area (TPSA) is 6.48 Å². The second kappa shape index (κ2) is 19.2. The predicted octanol–water partition coefficient (Wildman–Crippen LogP) is 18.6. The maximum absolute atomic E-state index is 2.47. The van der Waals surface area contributed by atoms with E-state index in [9.17, 15) is 0 Å². The van der Waals surface area contributed by atoms with Gasteiger partial charge in [0, 0.05) is 34.1 Å². The maximum Gasteiger partial charge on any atom is 0.0776 e. The zero-order chi connectivity index (χ0) is 51.3. The fourth-order valence-electron chi connectivity index (χ4n) is 11.4. The Morgan fingerprint density at radius 3 is 1.13 bits per heavy atom. The molecular formula is C71H62N2Si2. The lowest BCUT2D eigenvalue weighted by Crippen LogP contribution is -2.37. The van der Waals surface area contributed by atoms with Crippen molar-refractivity contribution in [3.05, 3.63) is 288 Å². The summed E-state index contributed by atoms with van der Waals surface area (Å²) in [6.45, 7) is 14.5. The van der Waals surface area contributed by atoms with Gasteiger partial charge in [-0.05, 0) is 145 Å². The van der Waals surface area contributed by atoms with E-state index in [1.54, 1.807) is 0 Å². The molecule has 0 bridgehead atoms. The van der Waals surface area contributed by atoms with Gasteiger partial charge in [-0.1, -0.05) is 238 Å². The lowest BCUT2D eigenvalue weighted by Gasteiger charge is -2.35. The molecule has 1 aliphatic carbocycles. The third kappa shape index (κ3) is 8.94. The molecule has 0 N–H and O–H groups in total. The Morgan fingerprint density at radius 1 is 0.293 bits per heavy atom. The Balaban J connectivity index is 0.935. The second-order valence-corrected chi connectivity index (χ2v) is 32.4. The molecule has 0 aliphatic heterocycles. The van der Waals surface area contributed by atoms with E-state index in [1.165, 1.54) is 65.3 Å². The Bertz CT molecular complexity index is 3850. The monoisotopic (exact) mass is 998 g/mol. The van der Waals surface area contributed by atoms with E-state index in [4.69, 9.17) is 0 Å². The van der Waals surface area contributed by atoms with E-state index in [-0.39, 0.29) is 0 Å². The van der Waals surface area contributed by atoms with Crippen LogP contribution in [0.25, 0.3) is 44.8 Å². The van der Waals surface area contributed by atoms with Gasteiger partial charge in [-0.2, -0.15) is 0 Å². The lowest BCUT2D eigenvalue weighted by molar-refractivity contribution is 0.768. The molecule has 0 heterocycles. The molecule has 11 aromatic carbocycles. The molecule has 0 radical (unpaired) electrons. The predicted molar refractivity (Wildman–Crippen MR) is 329 cm³/mol. The third-order valence-corrected chi connectivity index (χ3v) is 19.4. The standard InChI is InChI=1S/C71H62N2Si2/c1-74(2,3)65-41-34-53-46-62(38-32-55(53)48-65)72(59-23-15-9-16-24-59)61-36-29-51(30-37-61)27-28-52-31-43-67-68-44-40-64(50-70(68)71(69(67)45-52,57-19-11-7-12-20-57)58-21-13-8-14-22-58)73(60-25-17-10-18-26-60)63-39-33-56-49-66(75(4,5)6)42-35-54(56)47-63/h7-50H,1-6H3. The van der Waals surface area contributed by atoms with Gasteiger partial charge in [0.15, 0.2) is 0 Å². The van der Waals surface area contributed by atoms with Crippen molar-refractivity contribution in [1.82, 2.24) is 0 Å². The first kappa shape index (κ1) is 47.7. The van der Waals surface area contributed by atoms with Crippen molar-refractivity contribution < 1.29 is 0 Å². The number of hydrogen-bond acceptors (Lipinski definition) is 2. The van der Waals surface area contributed by atoms with Crippen LogP contribution in [0.5, 0.6) is 0 Å². The second-order valence-electron chi connectivity index (χ2n) is 22.3. The Kier molecular flexibility index (Phi) is 12.2. The van der Waals surface area contributed by atoms with Gasteiger partial charge in [0.1, 0.15) is 0 Å². The highest BCUT2D eigenvalue weighted by Crippen LogP contribution is 2.57. The maximum atomic E-state index is 2.47. The van der Waals surface area contributed by atoms with Crippen molar-refractivity contribution in [2.24, 2.45) is 0 Å². The SMILES string of the molecule is C[Si](C)(C)c1ccc2cc(N(c3ccccc3)c3ccc(C=Cc4ccc5c(c4)C(c4ccccc4)(c4ccccc4)c4cc(N(c6ccccc6)c6ccc7cc([Si](C)(C)C)ccc7c6)ccc4-5)cc3)ccc2c1. The molecule has 75 heavy (non-hydrogen) atoms. The van der Waals surface area contributed by atoms with E-state index in [0.717, 1.165) is 45.3 Å². The first-order valence-electron chi connectivity index (χ1n) is 26.4. The number of anilines is 6. The van der Waals surface area contributed by atoms with Gasteiger partial charge >= 0.3 is 0 Å². The molecule has 0 fully saturated rings. The van der Waals surface area contributed by atoms with Crippen molar-refractivity contribution in [3.63, 3.8) is 0 Å². The van der Waals surface area contributed by atoms with E-state index in [2.05, 4.69) is 316 Å². The Hall–Kier alpha value is -8.29. The highest BCUT2D eigenvalue weighted by Gasteiger charge is 2.46. The molecule has 4 heteroatoms. The average molecular weight is 999 g/mol. The first-order chi connectivity index (χ1) is 36.4. The van der Waals surface area contributed by atoms with Crippen LogP contribution in [0.15, 0.2) is 255 Å². The number of rotatable bonds is 12. The fraction of sp³-hybridized carbons (Fsp3) is 0.0986. The molecule has 0 atom stereocenters. The minimum Gasteiger partial charge on any atom is -0.310 e. The molecule has 1 aliphatic rings. The number of para-hydroxylation sites is 2. The molecule has 11 aromatic rings. The van der Waals surface area contributed by atoms with Gasteiger partial charge in [-0.3, -0.25) is 0 Å². The largest absolute Gasteiger partial charge is 0.310 e. The van der Waals surface area contributed by atoms with Crippen LogP contribution >= 0.6 is 0 Å². The summed E-state index contributed by atoms with van der Waals surface area (Å²) in [4.78, 5) is 4.79. The smallest absolute Gasteiger partial charge is 0.0776 e. The molecule has 0 aromatic heterocycles. The van der Waals surface area contributed by atoms with Crippen LogP contribution in [-0.4, -0.2) is 16.1 Å². The van der Waals surface area contributed by atoms with Gasteiger partial charge < -0.3 is 9.80 Å². The van der Waals surface area contributed by atoms with Crippen molar-refractivity contribution in [3.8, 4) is 11.1 Å². The van der Waals surface area contributed by atoms with Crippen molar-refractivity contribution in [2.75, 3.05) is 9.80 Å². The molecule has 0 saturated heterocycles. The molecule has 2 nitrogen and oxygen atoms in total. The number of nitrogens with zero attached hydrogens (tertiary/aromatic N) is 2. The molecule has 0 amide bonds. The van der Waals surface area contributed by atoms with Crippen LogP contribution in [0.3, 0.4) is 0 Å². The summed E-state index contributed by atoms with van der Waals surface area (Å²) in [5, 5.41) is 8.03. The number of fused-ring (bicyclic) bond motifs is 5. The van der Waals surface area contributed by atoms with Gasteiger partial charge in [0.25, 0.3) is 0 Å². The molecule has 0 spiro atoms. The summed E-state index contributed by atoms with van der Waals surface area (Å²) in [6.07, 6.45) is 4.53. The van der Waals surface area contributed by atoms with Crippen molar-refractivity contribution >= 4 is 94.3 Å². The summed E-state index contributed by atoms with van der Waals surface area (Å²) >= 11 is 0. The minimum absolute atomic E-state index is 0.589. The summed E-state index contributed by atoms with van der Waals surface area (Å²) < 4.78 is 0. The van der Waals surface area contributed by atoms with Crippen LogP contribution in [0.2, 0.25) is 39.3 Å². The van der Waals surface area contributed by atoms with Gasteiger partial charge in [0.2, 0.25) is 0 Å². The van der Waals surface area contributed by atoms with Crippen molar-refractivity contribution in [1.29, 1.82) is 0 Å². The van der Waals surface area contributed by atoms with Gasteiger partial charge in [-0.15, -0.1) is 0 Å². The highest BCUT2D eigenvalue weighted by molar-refractivity contribution is 6.89. The minimum atomic E-state index is -1.47. The molecule has 0 unspecified atom stereocenters. The Labute approximate surface area is 445 Å². The summed E-state index contributed by atoms with van der Waals surface area (Å²) in [6, 6.07) is 95.0. The summed E-state index contributed by atoms with van der Waals surface area (Å²) in [5.74, 6) is 0. The molecule has 0 saturated carbocycles. The van der Waals surface area contributed by atoms with Crippen LogP contribution in [0, 0.1) is 0 Å². The third-order valence-electron chi connectivity index (χ3n) is 15.4. The van der Waals surface area contributed by atoms with Crippen LogP contribution in [-0.2, 0) is 5.41 Å². The fourth-order valence-corrected chi connectivity index (χ4v) is 13.7. The normalized spacial score (nSPS) is 13.0. The molecule has 12 rings (SSSR count). The van der Waals surface area contributed by atoms with Crippen LogP contribution in [0.1, 0.15) is 33.4 Å². The number of hydrogen-bond donors (Lipinski definition) is 0. The average Bonchev–Trinajstić information content (AvgIpc) is 3.74. The molecular weight excluding hydrogens is 937 g/mol. The van der Waals surface area contributed by atoms with Gasteiger partial charge in [-0.25, -0.2) is 0 Å². The summed E-state index contributed by atoms with van der Waals surface area (Å²) in [7, 11) is -2.90. The van der Waals surface area contributed by atoms with Crippen LogP contribution < -0.4 is 20.2 Å². The first-order valence-corrected chi connectivity index (χ1v) is 33.4. The van der Waals surface area contributed by atoms with E-state index < -0.39 is 21.6 Å². The lowest BCUT2D eigenvalue weighted by atomic mass is 9.67. The van der Waals surface area contributed by atoms with E-state index in [0.29, 0.717) is 0 Å².